The van der Waals surface area contributed by atoms with E-state index in [1.54, 1.807) is 24.3 Å². The lowest BCUT2D eigenvalue weighted by Gasteiger charge is -2.35. The highest BCUT2D eigenvalue weighted by molar-refractivity contribution is 7.89. The van der Waals surface area contributed by atoms with Gasteiger partial charge in [0.2, 0.25) is 10.0 Å². The number of nitrogens with zero attached hydrogens (tertiary/aromatic N) is 1. The Balaban J connectivity index is 1.37. The Bertz CT molecular complexity index is 1010. The zero-order valence-corrected chi connectivity index (χ0v) is 20.8. The predicted octanol–water partition coefficient (Wildman–Crippen LogP) is 3.55. The fourth-order valence-corrected chi connectivity index (χ4v) is 5.80. The van der Waals surface area contributed by atoms with E-state index >= 15 is 0 Å². The summed E-state index contributed by atoms with van der Waals surface area (Å²) >= 11 is 0. The van der Waals surface area contributed by atoms with Gasteiger partial charge in [-0.25, -0.2) is 13.1 Å². The molecule has 1 saturated heterocycles. The SMILES string of the molecule is CCOCCOCCNS(=O)(=O)c1ccc(O[C@H]2c3ccccc3C[C@@H]2N2CCCCC2)cc1. The third-order valence-electron chi connectivity index (χ3n) is 6.51. The van der Waals surface area contributed by atoms with Crippen LogP contribution in [0.3, 0.4) is 0 Å². The number of rotatable bonds is 12. The number of ether oxygens (including phenoxy) is 3. The van der Waals surface area contributed by atoms with Gasteiger partial charge < -0.3 is 14.2 Å². The van der Waals surface area contributed by atoms with E-state index < -0.39 is 10.0 Å². The molecule has 1 N–H and O–H groups in total. The van der Waals surface area contributed by atoms with Gasteiger partial charge in [-0.1, -0.05) is 30.7 Å². The minimum Gasteiger partial charge on any atom is -0.484 e. The Morgan fingerprint density at radius 1 is 0.941 bits per heavy atom. The maximum atomic E-state index is 12.6. The van der Waals surface area contributed by atoms with Gasteiger partial charge in [0.15, 0.2) is 0 Å². The van der Waals surface area contributed by atoms with Gasteiger partial charge in [-0.15, -0.1) is 0 Å². The topological polar surface area (TPSA) is 77.1 Å². The Kier molecular flexibility index (Phi) is 8.97. The van der Waals surface area contributed by atoms with Gasteiger partial charge in [0.05, 0.1) is 30.8 Å². The second-order valence-corrected chi connectivity index (χ2v) is 10.6. The number of sulfonamides is 1. The average molecular weight is 489 g/mol. The summed E-state index contributed by atoms with van der Waals surface area (Å²) in [5.74, 6) is 0.682. The van der Waals surface area contributed by atoms with Crippen molar-refractivity contribution in [2.24, 2.45) is 0 Å². The molecule has 0 radical (unpaired) electrons. The van der Waals surface area contributed by atoms with Crippen molar-refractivity contribution in [2.75, 3.05) is 46.1 Å². The van der Waals surface area contributed by atoms with Crippen LogP contribution in [-0.2, 0) is 25.9 Å². The molecule has 2 aliphatic rings. The minimum absolute atomic E-state index is 0.0521. The largest absolute Gasteiger partial charge is 0.484 e. The Labute approximate surface area is 203 Å². The van der Waals surface area contributed by atoms with E-state index in [9.17, 15) is 8.42 Å². The second kappa shape index (κ2) is 12.1. The number of likely N-dealkylation sites (tertiary alicyclic amines) is 1. The summed E-state index contributed by atoms with van der Waals surface area (Å²) in [5, 5.41) is 0. The first-order chi connectivity index (χ1) is 16.6. The Morgan fingerprint density at radius 3 is 2.44 bits per heavy atom. The fraction of sp³-hybridized carbons (Fsp3) is 0.538. The first-order valence-electron chi connectivity index (χ1n) is 12.3. The summed E-state index contributed by atoms with van der Waals surface area (Å²) in [5.41, 5.74) is 2.58. The van der Waals surface area contributed by atoms with Crippen LogP contribution in [-0.4, -0.2) is 65.4 Å². The molecule has 2 aromatic carbocycles. The lowest BCUT2D eigenvalue weighted by Crippen LogP contribution is -2.43. The molecule has 2 atom stereocenters. The van der Waals surface area contributed by atoms with Crippen LogP contribution in [0.5, 0.6) is 5.75 Å². The molecule has 8 heteroatoms. The lowest BCUT2D eigenvalue weighted by atomic mass is 10.0. The van der Waals surface area contributed by atoms with Crippen molar-refractivity contribution in [3.05, 3.63) is 59.7 Å². The smallest absolute Gasteiger partial charge is 0.240 e. The Morgan fingerprint density at radius 2 is 1.68 bits per heavy atom. The lowest BCUT2D eigenvalue weighted by molar-refractivity contribution is 0.0552. The minimum atomic E-state index is -3.60. The van der Waals surface area contributed by atoms with Crippen LogP contribution < -0.4 is 9.46 Å². The summed E-state index contributed by atoms with van der Waals surface area (Å²) in [6, 6.07) is 15.5. The van der Waals surface area contributed by atoms with E-state index in [4.69, 9.17) is 14.2 Å². The molecule has 4 rings (SSSR count). The van der Waals surface area contributed by atoms with Crippen molar-refractivity contribution in [2.45, 2.75) is 49.6 Å². The Hall–Kier alpha value is -1.97. The highest BCUT2D eigenvalue weighted by atomic mass is 32.2. The van der Waals surface area contributed by atoms with Gasteiger partial charge >= 0.3 is 0 Å². The molecule has 7 nitrogen and oxygen atoms in total. The number of hydrogen-bond donors (Lipinski definition) is 1. The molecular weight excluding hydrogens is 452 g/mol. The summed E-state index contributed by atoms with van der Waals surface area (Å²) in [6.45, 7) is 6.24. The summed E-state index contributed by atoms with van der Waals surface area (Å²) in [6.07, 6.45) is 4.70. The first-order valence-corrected chi connectivity index (χ1v) is 13.8. The van der Waals surface area contributed by atoms with E-state index in [2.05, 4.69) is 33.9 Å². The maximum Gasteiger partial charge on any atom is 0.240 e. The molecule has 0 aromatic heterocycles. The molecule has 0 spiro atoms. The first kappa shape index (κ1) is 25.1. The highest BCUT2D eigenvalue weighted by Gasteiger charge is 2.38. The van der Waals surface area contributed by atoms with Gasteiger partial charge in [-0.2, -0.15) is 0 Å². The van der Waals surface area contributed by atoms with Crippen LogP contribution in [0.2, 0.25) is 0 Å². The number of benzene rings is 2. The summed E-state index contributed by atoms with van der Waals surface area (Å²) in [7, 11) is -3.60. The molecule has 0 saturated carbocycles. The van der Waals surface area contributed by atoms with Crippen LogP contribution in [0.25, 0.3) is 0 Å². The second-order valence-electron chi connectivity index (χ2n) is 8.78. The molecule has 34 heavy (non-hydrogen) atoms. The van der Waals surface area contributed by atoms with Crippen LogP contribution in [0.1, 0.15) is 43.4 Å². The molecule has 1 aliphatic carbocycles. The molecule has 1 fully saturated rings. The van der Waals surface area contributed by atoms with Crippen molar-refractivity contribution >= 4 is 10.0 Å². The third-order valence-corrected chi connectivity index (χ3v) is 7.99. The highest BCUT2D eigenvalue weighted by Crippen LogP contribution is 2.39. The van der Waals surface area contributed by atoms with Gasteiger partial charge in [0.25, 0.3) is 0 Å². The number of fused-ring (bicyclic) bond motifs is 1. The average Bonchev–Trinajstić information content (AvgIpc) is 3.23. The number of piperidine rings is 1. The van der Waals surface area contributed by atoms with Crippen molar-refractivity contribution in [1.29, 1.82) is 0 Å². The molecule has 1 aliphatic heterocycles. The fourth-order valence-electron chi connectivity index (χ4n) is 4.79. The standard InChI is InChI=1S/C26H36N2O5S/c1-2-31-18-19-32-17-14-27-34(29,30)23-12-10-22(11-13-23)33-26-24-9-5-4-8-21(24)20-25(26)28-15-6-3-7-16-28/h4-5,8-13,25-27H,2-3,6-7,14-20H2,1H3/t25-,26-/m0/s1. The van der Waals surface area contributed by atoms with Crippen LogP contribution in [0.15, 0.2) is 53.4 Å². The van der Waals surface area contributed by atoms with E-state index in [1.165, 1.54) is 30.4 Å². The normalized spacial score (nSPS) is 20.9. The van der Waals surface area contributed by atoms with Crippen LogP contribution >= 0.6 is 0 Å². The molecule has 0 unspecified atom stereocenters. The van der Waals surface area contributed by atoms with E-state index in [1.807, 2.05) is 6.92 Å². The van der Waals surface area contributed by atoms with Crippen molar-refractivity contribution < 1.29 is 22.6 Å². The van der Waals surface area contributed by atoms with Gasteiger partial charge in [0, 0.05) is 13.2 Å². The number of hydrogen-bond acceptors (Lipinski definition) is 6. The molecular formula is C26H36N2O5S. The third kappa shape index (κ3) is 6.37. The number of nitrogens with one attached hydrogen (secondary N) is 1. The van der Waals surface area contributed by atoms with E-state index in [-0.39, 0.29) is 17.5 Å². The van der Waals surface area contributed by atoms with Crippen LogP contribution in [0.4, 0.5) is 0 Å². The quantitative estimate of drug-likeness (QED) is 0.461. The van der Waals surface area contributed by atoms with E-state index in [0.717, 1.165) is 19.5 Å². The van der Waals surface area contributed by atoms with Gasteiger partial charge in [0.1, 0.15) is 11.9 Å². The monoisotopic (exact) mass is 488 g/mol. The van der Waals surface area contributed by atoms with Gasteiger partial charge in [-0.3, -0.25) is 4.90 Å². The zero-order valence-electron chi connectivity index (χ0n) is 19.9. The van der Waals surface area contributed by atoms with Crippen molar-refractivity contribution in [3.63, 3.8) is 0 Å². The van der Waals surface area contributed by atoms with Crippen molar-refractivity contribution in [3.8, 4) is 5.75 Å². The van der Waals surface area contributed by atoms with Gasteiger partial charge in [-0.05, 0) is 74.7 Å². The molecule has 1 heterocycles. The predicted molar refractivity (Wildman–Crippen MR) is 132 cm³/mol. The zero-order chi connectivity index (χ0) is 23.8. The van der Waals surface area contributed by atoms with Crippen molar-refractivity contribution in [1.82, 2.24) is 9.62 Å². The maximum absolute atomic E-state index is 12.6. The molecule has 186 valence electrons. The summed E-state index contributed by atoms with van der Waals surface area (Å²) < 4.78 is 44.9. The summed E-state index contributed by atoms with van der Waals surface area (Å²) in [4.78, 5) is 2.78. The van der Waals surface area contributed by atoms with Crippen LogP contribution in [0, 0.1) is 0 Å². The molecule has 2 aromatic rings. The molecule has 0 bridgehead atoms. The van der Waals surface area contributed by atoms with E-state index in [0.29, 0.717) is 38.2 Å². The molecule has 0 amide bonds.